The van der Waals surface area contributed by atoms with Crippen molar-refractivity contribution in [1.82, 2.24) is 0 Å². The molecule has 0 spiro atoms. The van der Waals surface area contributed by atoms with E-state index in [1.54, 1.807) is 6.08 Å². The molecule has 0 saturated carbocycles. The Hall–Kier alpha value is -3.64. The van der Waals surface area contributed by atoms with Crippen molar-refractivity contribution in [1.29, 1.82) is 0 Å². The third-order valence-corrected chi connectivity index (χ3v) is 8.88. The molecule has 13 heteroatoms. The van der Waals surface area contributed by atoms with Crippen LogP contribution in [-0.4, -0.2) is 71.1 Å². The quantitative estimate of drug-likeness (QED) is 0.0154. The topological polar surface area (TPSA) is 192 Å². The number of carbonyl (C=O) groups is 3. The molecule has 0 saturated heterocycles. The van der Waals surface area contributed by atoms with Gasteiger partial charge >= 0.3 is 25.7 Å². The average Bonchev–Trinajstić information content (AvgIpc) is 3.18. The molecule has 5 N–H and O–H groups in total. The lowest BCUT2D eigenvalue weighted by atomic mass is 10.1. The highest BCUT2D eigenvalue weighted by Gasteiger charge is 2.28. The van der Waals surface area contributed by atoms with Gasteiger partial charge < -0.3 is 30.3 Å². The highest BCUT2D eigenvalue weighted by molar-refractivity contribution is 7.47. The molecule has 0 radical (unpaired) electrons. The molecule has 2 unspecified atom stereocenters. The second-order valence-corrected chi connectivity index (χ2v) is 14.7. The van der Waals surface area contributed by atoms with Crippen molar-refractivity contribution >= 4 is 25.7 Å². The van der Waals surface area contributed by atoms with Crippen LogP contribution in [0.5, 0.6) is 0 Å². The Morgan fingerprint density at radius 2 is 1.14 bits per heavy atom. The van der Waals surface area contributed by atoms with Crippen LogP contribution in [-0.2, 0) is 37.5 Å². The molecule has 0 rings (SSSR count). The van der Waals surface area contributed by atoms with Gasteiger partial charge in [-0.3, -0.25) is 23.4 Å². The van der Waals surface area contributed by atoms with Crippen molar-refractivity contribution < 1.29 is 52.6 Å². The van der Waals surface area contributed by atoms with Gasteiger partial charge in [-0.05, 0) is 70.6 Å². The van der Waals surface area contributed by atoms with E-state index < -0.39 is 63.8 Å². The van der Waals surface area contributed by atoms with Crippen LogP contribution in [0.4, 0.5) is 0 Å². The molecule has 0 aliphatic heterocycles. The molecule has 4 atom stereocenters. The van der Waals surface area contributed by atoms with Crippen molar-refractivity contribution in [3.05, 3.63) is 97.2 Å². The number of aliphatic hydroxyl groups excluding tert-OH is 1. The van der Waals surface area contributed by atoms with E-state index in [1.807, 2.05) is 30.4 Å². The number of esters is 2. The average molecular weight is 820 g/mol. The number of allylic oxidation sites excluding steroid dienone is 15. The summed E-state index contributed by atoms with van der Waals surface area (Å²) in [5.41, 5.74) is 5.31. The highest BCUT2D eigenvalue weighted by atomic mass is 31.2. The molecule has 322 valence electrons. The summed E-state index contributed by atoms with van der Waals surface area (Å²) in [6.45, 7) is 2.37. The lowest BCUT2D eigenvalue weighted by Gasteiger charge is -2.20. The predicted octanol–water partition coefficient (Wildman–Crippen LogP) is 9.47. The zero-order valence-electron chi connectivity index (χ0n) is 34.2. The van der Waals surface area contributed by atoms with E-state index in [9.17, 15) is 28.9 Å². The van der Waals surface area contributed by atoms with Crippen LogP contribution in [0.25, 0.3) is 0 Å². The first kappa shape index (κ1) is 53.4. The fraction of sp³-hybridized carbons (Fsp3) is 0.568. The van der Waals surface area contributed by atoms with Crippen LogP contribution < -0.4 is 5.73 Å². The summed E-state index contributed by atoms with van der Waals surface area (Å²) in [6, 6.07) is -1.55. The van der Waals surface area contributed by atoms with Crippen LogP contribution >= 0.6 is 7.82 Å². The number of phosphoric ester groups is 1. The number of carbonyl (C=O) groups excluding carboxylic acids is 2. The first-order valence-electron chi connectivity index (χ1n) is 20.4. The van der Waals surface area contributed by atoms with Crippen molar-refractivity contribution in [2.24, 2.45) is 5.73 Å². The number of phosphoric acid groups is 1. The van der Waals surface area contributed by atoms with Gasteiger partial charge in [0, 0.05) is 12.8 Å². The molecular weight excluding hydrogens is 749 g/mol. The Labute approximate surface area is 341 Å². The van der Waals surface area contributed by atoms with Crippen LogP contribution in [0, 0.1) is 0 Å². The van der Waals surface area contributed by atoms with Crippen LogP contribution in [0.15, 0.2) is 97.2 Å². The minimum absolute atomic E-state index is 0.0564. The Balaban J connectivity index is 4.61. The van der Waals surface area contributed by atoms with Crippen molar-refractivity contribution in [2.45, 2.75) is 141 Å². The number of carboxylic acids is 1. The monoisotopic (exact) mass is 819 g/mol. The zero-order valence-corrected chi connectivity index (χ0v) is 35.1. The van der Waals surface area contributed by atoms with Gasteiger partial charge in [0.1, 0.15) is 12.6 Å². The highest BCUT2D eigenvalue weighted by Crippen LogP contribution is 2.43. The molecule has 0 aromatic carbocycles. The molecule has 0 aliphatic rings. The number of carboxylic acid groups (broad SMARTS) is 1. The maximum absolute atomic E-state index is 12.6. The van der Waals surface area contributed by atoms with E-state index in [0.29, 0.717) is 25.7 Å². The molecule has 0 amide bonds. The van der Waals surface area contributed by atoms with Crippen molar-refractivity contribution in [2.75, 3.05) is 19.8 Å². The smallest absolute Gasteiger partial charge is 0.472 e. The summed E-state index contributed by atoms with van der Waals surface area (Å²) in [5, 5.41) is 19.0. The number of hydrogen-bond donors (Lipinski definition) is 4. The van der Waals surface area contributed by atoms with E-state index in [-0.39, 0.29) is 12.8 Å². The fourth-order valence-electron chi connectivity index (χ4n) is 4.75. The molecule has 0 aromatic rings. The Morgan fingerprint density at radius 1 is 0.632 bits per heavy atom. The number of aliphatic hydroxyl groups is 1. The number of aliphatic carboxylic acids is 1. The van der Waals surface area contributed by atoms with E-state index in [0.717, 1.165) is 70.6 Å². The molecule has 0 bridgehead atoms. The SMILES string of the molecule is CC/C=C\C/C=C\C/C=C\C/C=C\C/C=C\CCCC(=O)O[C@H](COC(=O)CCCCCCCC(O)/C=C/C=C/C/C=C/CC)COP(=O)(O)OC[C@H](N)C(=O)O. The summed E-state index contributed by atoms with van der Waals surface area (Å²) in [7, 11) is -4.76. The number of nitrogens with two attached hydrogens (primary N) is 1. The first-order valence-corrected chi connectivity index (χ1v) is 21.9. The van der Waals surface area contributed by atoms with Gasteiger partial charge in [0.15, 0.2) is 6.10 Å². The van der Waals surface area contributed by atoms with Gasteiger partial charge in [-0.15, -0.1) is 0 Å². The summed E-state index contributed by atoms with van der Waals surface area (Å²) in [5.74, 6) is -2.56. The van der Waals surface area contributed by atoms with Crippen LogP contribution in [0.2, 0.25) is 0 Å². The maximum atomic E-state index is 12.6. The second kappa shape index (κ2) is 37.9. The number of unbranched alkanes of at least 4 members (excludes halogenated alkanes) is 5. The number of ether oxygens (including phenoxy) is 2. The standard InChI is InChI=1S/C44H70NO11P/c1-3-5-7-9-11-12-13-14-15-16-17-18-19-20-22-26-31-35-43(48)56-40(37-54-57(51,52)55-38-41(45)44(49)50)36-53-42(47)34-30-27-23-25-29-33-39(46)32-28-24-21-10-8-6-4-2/h5-8,11-12,14-15,17-18,20-22,24,28,32,39-41,46H,3-4,9-10,13,16,19,23,25-27,29-31,33-38,45H2,1-2H3,(H,49,50)(H,51,52)/b7-5-,8-6+,12-11-,15-14-,18-17-,22-20-,24-21+,32-28+/t39?,40-,41+/m1/s1. The Kier molecular flexibility index (Phi) is 35.5. The van der Waals surface area contributed by atoms with Gasteiger partial charge in [0.25, 0.3) is 0 Å². The normalized spacial score (nSPS) is 15.3. The maximum Gasteiger partial charge on any atom is 0.472 e. The molecule has 0 fully saturated rings. The van der Waals surface area contributed by atoms with E-state index in [2.05, 4.69) is 79.1 Å². The Bertz CT molecular complexity index is 1350. The third kappa shape index (κ3) is 37.7. The van der Waals surface area contributed by atoms with Gasteiger partial charge in [-0.25, -0.2) is 4.57 Å². The van der Waals surface area contributed by atoms with Gasteiger partial charge in [0.2, 0.25) is 0 Å². The lowest BCUT2D eigenvalue weighted by Crippen LogP contribution is -2.34. The summed E-state index contributed by atoms with van der Waals surface area (Å²) >= 11 is 0. The van der Waals surface area contributed by atoms with Gasteiger partial charge in [-0.2, -0.15) is 0 Å². The molecule has 0 aliphatic carbocycles. The third-order valence-electron chi connectivity index (χ3n) is 7.93. The molecule has 57 heavy (non-hydrogen) atoms. The molecule has 0 aromatic heterocycles. The largest absolute Gasteiger partial charge is 0.480 e. The second-order valence-electron chi connectivity index (χ2n) is 13.2. The van der Waals surface area contributed by atoms with E-state index in [4.69, 9.17) is 24.8 Å². The number of rotatable bonds is 36. The number of hydrogen-bond acceptors (Lipinski definition) is 10. The molecule has 12 nitrogen and oxygen atoms in total. The first-order chi connectivity index (χ1) is 27.5. The fourth-order valence-corrected chi connectivity index (χ4v) is 5.53. The lowest BCUT2D eigenvalue weighted by molar-refractivity contribution is -0.161. The predicted molar refractivity (Wildman–Crippen MR) is 227 cm³/mol. The van der Waals surface area contributed by atoms with E-state index in [1.165, 1.54) is 0 Å². The van der Waals surface area contributed by atoms with Gasteiger partial charge in [-0.1, -0.05) is 137 Å². The zero-order chi connectivity index (χ0) is 42.2. The molecular formula is C44H70NO11P. The van der Waals surface area contributed by atoms with Gasteiger partial charge in [0.05, 0.1) is 19.3 Å². The van der Waals surface area contributed by atoms with E-state index >= 15 is 0 Å². The Morgan fingerprint density at radius 3 is 1.74 bits per heavy atom. The summed E-state index contributed by atoms with van der Waals surface area (Å²) in [4.78, 5) is 45.9. The van der Waals surface area contributed by atoms with Crippen LogP contribution in [0.1, 0.15) is 123 Å². The summed E-state index contributed by atoms with van der Waals surface area (Å²) < 4.78 is 32.5. The van der Waals surface area contributed by atoms with Crippen molar-refractivity contribution in [3.8, 4) is 0 Å². The summed E-state index contributed by atoms with van der Waals surface area (Å²) in [6.07, 6.45) is 43.6. The molecule has 0 heterocycles. The van der Waals surface area contributed by atoms with Crippen LogP contribution in [0.3, 0.4) is 0 Å². The van der Waals surface area contributed by atoms with Crippen molar-refractivity contribution in [3.63, 3.8) is 0 Å². The minimum atomic E-state index is -4.76. The minimum Gasteiger partial charge on any atom is -0.480 e.